The molecule has 0 fully saturated rings. The number of nitrogens with two attached hydrogens (primary N) is 1. The molecule has 0 radical (unpaired) electrons. The minimum atomic E-state index is -1.01. The van der Waals surface area contributed by atoms with Crippen molar-refractivity contribution < 1.29 is 9.90 Å². The molecule has 0 spiro atoms. The molecular formula is C8H7N3O2S2. The van der Waals surface area contributed by atoms with Gasteiger partial charge in [-0.1, -0.05) is 11.3 Å². The molecule has 0 aromatic carbocycles. The zero-order valence-electron chi connectivity index (χ0n) is 7.72. The number of aromatic carboxylic acids is 1. The molecule has 2 rings (SSSR count). The normalized spacial score (nSPS) is 10.5. The molecule has 0 aliphatic carbocycles. The number of hydrogen-bond donors (Lipinski definition) is 2. The molecule has 78 valence electrons. The van der Waals surface area contributed by atoms with Crippen molar-refractivity contribution in [3.05, 3.63) is 16.1 Å². The van der Waals surface area contributed by atoms with E-state index in [1.807, 2.05) is 6.92 Å². The van der Waals surface area contributed by atoms with E-state index in [9.17, 15) is 4.79 Å². The van der Waals surface area contributed by atoms with Gasteiger partial charge >= 0.3 is 5.97 Å². The second-order valence-electron chi connectivity index (χ2n) is 2.81. The van der Waals surface area contributed by atoms with Crippen molar-refractivity contribution in [3.8, 4) is 10.6 Å². The summed E-state index contributed by atoms with van der Waals surface area (Å²) in [4.78, 5) is 19.5. The van der Waals surface area contributed by atoms with Gasteiger partial charge in [-0.3, -0.25) is 0 Å². The predicted octanol–water partition coefficient (Wildman–Crippen LogP) is 1.86. The Bertz CT molecular complexity index is 518. The molecule has 2 heterocycles. The van der Waals surface area contributed by atoms with Crippen LogP contribution in [0.25, 0.3) is 10.6 Å². The van der Waals surface area contributed by atoms with Crippen LogP contribution in [0, 0.1) is 6.92 Å². The van der Waals surface area contributed by atoms with Gasteiger partial charge in [0.25, 0.3) is 0 Å². The zero-order valence-corrected chi connectivity index (χ0v) is 9.35. The first kappa shape index (κ1) is 10.1. The Morgan fingerprint density at radius 2 is 2.27 bits per heavy atom. The Balaban J connectivity index is 2.45. The highest BCUT2D eigenvalue weighted by Crippen LogP contribution is 2.31. The van der Waals surface area contributed by atoms with Crippen LogP contribution in [-0.2, 0) is 0 Å². The second-order valence-corrected chi connectivity index (χ2v) is 4.70. The summed E-state index contributed by atoms with van der Waals surface area (Å²) in [6.07, 6.45) is 0. The lowest BCUT2D eigenvalue weighted by molar-refractivity contribution is 0.0696. The van der Waals surface area contributed by atoms with E-state index in [0.29, 0.717) is 10.8 Å². The smallest absolute Gasteiger partial charge is 0.365 e. The monoisotopic (exact) mass is 241 g/mol. The molecule has 2 aromatic rings. The third-order valence-corrected chi connectivity index (χ3v) is 3.57. The number of carbonyl (C=O) groups is 1. The second kappa shape index (κ2) is 3.59. The Morgan fingerprint density at radius 3 is 2.73 bits per heavy atom. The third kappa shape index (κ3) is 1.83. The van der Waals surface area contributed by atoms with Crippen LogP contribution in [0.2, 0.25) is 0 Å². The molecule has 0 unspecified atom stereocenters. The summed E-state index contributed by atoms with van der Waals surface area (Å²) in [7, 11) is 0. The van der Waals surface area contributed by atoms with Crippen LogP contribution in [0.4, 0.5) is 5.13 Å². The highest BCUT2D eigenvalue weighted by Gasteiger charge is 2.14. The zero-order chi connectivity index (χ0) is 11.0. The fourth-order valence-corrected chi connectivity index (χ4v) is 2.65. The van der Waals surface area contributed by atoms with Crippen LogP contribution in [0.3, 0.4) is 0 Å². The molecule has 15 heavy (non-hydrogen) atoms. The van der Waals surface area contributed by atoms with Gasteiger partial charge in [0.2, 0.25) is 5.01 Å². The summed E-state index contributed by atoms with van der Waals surface area (Å²) in [6.45, 7) is 1.82. The summed E-state index contributed by atoms with van der Waals surface area (Å²) >= 11 is 2.41. The minimum Gasteiger partial charge on any atom is -0.476 e. The van der Waals surface area contributed by atoms with Crippen molar-refractivity contribution in [3.63, 3.8) is 0 Å². The SMILES string of the molecule is Cc1nc(N)sc1-c1csc(C(=O)O)n1. The van der Waals surface area contributed by atoms with Crippen LogP contribution in [-0.4, -0.2) is 21.0 Å². The number of rotatable bonds is 2. The van der Waals surface area contributed by atoms with Crippen LogP contribution >= 0.6 is 22.7 Å². The standard InChI is InChI=1S/C8H7N3O2S2/c1-3-5(15-8(9)10-3)4-2-14-6(11-4)7(12)13/h2H,1H3,(H2,9,10)(H,12,13). The van der Waals surface area contributed by atoms with E-state index in [0.717, 1.165) is 21.9 Å². The molecule has 0 saturated carbocycles. The van der Waals surface area contributed by atoms with Gasteiger partial charge in [-0.2, -0.15) is 0 Å². The van der Waals surface area contributed by atoms with Gasteiger partial charge in [-0.25, -0.2) is 14.8 Å². The first-order valence-corrected chi connectivity index (χ1v) is 5.69. The number of carboxylic acids is 1. The summed E-state index contributed by atoms with van der Waals surface area (Å²) < 4.78 is 0. The number of hydrogen-bond acceptors (Lipinski definition) is 6. The molecule has 5 nitrogen and oxygen atoms in total. The average molecular weight is 241 g/mol. The molecule has 7 heteroatoms. The van der Waals surface area contributed by atoms with Crippen molar-refractivity contribution in [2.45, 2.75) is 6.92 Å². The fourth-order valence-electron chi connectivity index (χ4n) is 1.13. The quantitative estimate of drug-likeness (QED) is 0.837. The lowest BCUT2D eigenvalue weighted by Gasteiger charge is -1.89. The lowest BCUT2D eigenvalue weighted by atomic mass is 10.3. The molecular weight excluding hydrogens is 234 g/mol. The van der Waals surface area contributed by atoms with E-state index in [1.54, 1.807) is 5.38 Å². The van der Waals surface area contributed by atoms with Gasteiger partial charge in [0.05, 0.1) is 16.3 Å². The third-order valence-electron chi connectivity index (χ3n) is 1.73. The van der Waals surface area contributed by atoms with Crippen molar-refractivity contribution in [1.82, 2.24) is 9.97 Å². The number of nitrogens with zero attached hydrogens (tertiary/aromatic N) is 2. The van der Waals surface area contributed by atoms with Crippen LogP contribution in [0.5, 0.6) is 0 Å². The molecule has 0 atom stereocenters. The molecule has 0 bridgehead atoms. The minimum absolute atomic E-state index is 0.0800. The molecule has 0 aliphatic rings. The molecule has 0 amide bonds. The Hall–Kier alpha value is -1.47. The molecule has 0 saturated heterocycles. The summed E-state index contributed by atoms with van der Waals surface area (Å²) in [6, 6.07) is 0. The van der Waals surface area contributed by atoms with E-state index in [2.05, 4.69) is 9.97 Å². The predicted molar refractivity (Wildman–Crippen MR) is 59.3 cm³/mol. The van der Waals surface area contributed by atoms with Crippen molar-refractivity contribution in [1.29, 1.82) is 0 Å². The van der Waals surface area contributed by atoms with E-state index >= 15 is 0 Å². The van der Waals surface area contributed by atoms with Gasteiger partial charge in [-0.15, -0.1) is 11.3 Å². The van der Waals surface area contributed by atoms with E-state index in [4.69, 9.17) is 10.8 Å². The highest BCUT2D eigenvalue weighted by molar-refractivity contribution is 7.19. The number of carboxylic acid groups (broad SMARTS) is 1. The molecule has 0 aliphatic heterocycles. The van der Waals surface area contributed by atoms with Gasteiger partial charge in [-0.05, 0) is 6.92 Å². The largest absolute Gasteiger partial charge is 0.476 e. The van der Waals surface area contributed by atoms with E-state index in [1.165, 1.54) is 11.3 Å². The first-order valence-electron chi connectivity index (χ1n) is 4.00. The number of thiazole rings is 2. The van der Waals surface area contributed by atoms with Gasteiger partial charge in [0.15, 0.2) is 5.13 Å². The number of anilines is 1. The van der Waals surface area contributed by atoms with Crippen LogP contribution in [0.1, 0.15) is 15.5 Å². The summed E-state index contributed by atoms with van der Waals surface area (Å²) in [5.41, 5.74) is 6.96. The molecule has 2 aromatic heterocycles. The maximum absolute atomic E-state index is 10.6. The van der Waals surface area contributed by atoms with Gasteiger partial charge in [0.1, 0.15) is 0 Å². The first-order chi connectivity index (χ1) is 7.08. The number of aromatic nitrogens is 2. The lowest BCUT2D eigenvalue weighted by Crippen LogP contribution is -1.94. The summed E-state index contributed by atoms with van der Waals surface area (Å²) in [5.74, 6) is -1.01. The molecule has 3 N–H and O–H groups in total. The Kier molecular flexibility index (Phi) is 2.41. The number of aryl methyl sites for hydroxylation is 1. The van der Waals surface area contributed by atoms with Crippen molar-refractivity contribution in [2.75, 3.05) is 5.73 Å². The maximum atomic E-state index is 10.6. The Morgan fingerprint density at radius 1 is 1.53 bits per heavy atom. The average Bonchev–Trinajstić information content (AvgIpc) is 2.71. The maximum Gasteiger partial charge on any atom is 0.365 e. The fraction of sp³-hybridized carbons (Fsp3) is 0.125. The summed E-state index contributed by atoms with van der Waals surface area (Å²) in [5, 5.41) is 11.0. The number of nitrogen functional groups attached to an aromatic ring is 1. The topological polar surface area (TPSA) is 89.1 Å². The van der Waals surface area contributed by atoms with Crippen molar-refractivity contribution >= 4 is 33.8 Å². The van der Waals surface area contributed by atoms with Crippen molar-refractivity contribution in [2.24, 2.45) is 0 Å². The van der Waals surface area contributed by atoms with E-state index < -0.39 is 5.97 Å². The van der Waals surface area contributed by atoms with Crippen LogP contribution in [0.15, 0.2) is 5.38 Å². The Labute approximate surface area is 93.2 Å². The van der Waals surface area contributed by atoms with Gasteiger partial charge < -0.3 is 10.8 Å². The highest BCUT2D eigenvalue weighted by atomic mass is 32.1. The van der Waals surface area contributed by atoms with Crippen LogP contribution < -0.4 is 5.73 Å². The van der Waals surface area contributed by atoms with Gasteiger partial charge in [0, 0.05) is 5.38 Å². The van der Waals surface area contributed by atoms with E-state index in [-0.39, 0.29) is 5.01 Å².